The third-order valence-corrected chi connectivity index (χ3v) is 3.08. The number of benzene rings is 1. The van der Waals surface area contributed by atoms with Gasteiger partial charge in [0.25, 0.3) is 0 Å². The van der Waals surface area contributed by atoms with E-state index < -0.39 is 0 Å². The quantitative estimate of drug-likeness (QED) is 0.857. The first-order valence-electron chi connectivity index (χ1n) is 5.60. The van der Waals surface area contributed by atoms with Gasteiger partial charge in [-0.2, -0.15) is 0 Å². The van der Waals surface area contributed by atoms with Crippen LogP contribution in [0.25, 0.3) is 11.0 Å². The van der Waals surface area contributed by atoms with E-state index in [0.29, 0.717) is 0 Å². The van der Waals surface area contributed by atoms with Gasteiger partial charge in [-0.15, -0.1) is 0 Å². The highest BCUT2D eigenvalue weighted by molar-refractivity contribution is 9.10. The van der Waals surface area contributed by atoms with E-state index in [4.69, 9.17) is 4.42 Å². The van der Waals surface area contributed by atoms with E-state index in [-0.39, 0.29) is 0 Å². The van der Waals surface area contributed by atoms with E-state index in [9.17, 15) is 0 Å². The summed E-state index contributed by atoms with van der Waals surface area (Å²) >= 11 is 3.53. The first kappa shape index (κ1) is 11.7. The van der Waals surface area contributed by atoms with Gasteiger partial charge in [-0.25, -0.2) is 0 Å². The third-order valence-electron chi connectivity index (χ3n) is 2.49. The summed E-state index contributed by atoms with van der Waals surface area (Å²) in [7, 11) is 0. The van der Waals surface area contributed by atoms with Gasteiger partial charge in [0.1, 0.15) is 11.3 Å². The number of furan rings is 1. The number of fused-ring (bicyclic) bond motifs is 1. The van der Waals surface area contributed by atoms with Gasteiger partial charge in [0.15, 0.2) is 0 Å². The lowest BCUT2D eigenvalue weighted by molar-refractivity contribution is 0.512. The molecule has 16 heavy (non-hydrogen) atoms. The molecule has 3 heteroatoms. The summed E-state index contributed by atoms with van der Waals surface area (Å²) in [5.41, 5.74) is 2.19. The van der Waals surface area contributed by atoms with Crippen molar-refractivity contribution in [3.05, 3.63) is 34.0 Å². The summed E-state index contributed by atoms with van der Waals surface area (Å²) < 4.78 is 6.82. The molecule has 0 unspecified atom stereocenters. The first-order valence-corrected chi connectivity index (χ1v) is 6.39. The van der Waals surface area contributed by atoms with E-state index in [1.807, 2.05) is 0 Å². The highest BCUT2D eigenvalue weighted by Gasteiger charge is 2.07. The standard InChI is InChI=1S/C13H16BrNO/c1-3-4-15-8-11-7-10-5-9(2)6-12(14)13(10)16-11/h5-7,15H,3-4,8H2,1-2H3. The molecule has 0 aliphatic rings. The molecule has 0 amide bonds. The van der Waals surface area contributed by atoms with Crippen LogP contribution in [0.15, 0.2) is 27.1 Å². The van der Waals surface area contributed by atoms with Crippen molar-refractivity contribution in [2.45, 2.75) is 26.8 Å². The van der Waals surface area contributed by atoms with Gasteiger partial charge in [-0.05, 0) is 59.6 Å². The van der Waals surface area contributed by atoms with E-state index >= 15 is 0 Å². The van der Waals surface area contributed by atoms with Crippen LogP contribution in [-0.4, -0.2) is 6.54 Å². The van der Waals surface area contributed by atoms with Crippen molar-refractivity contribution in [3.8, 4) is 0 Å². The number of hydrogen-bond acceptors (Lipinski definition) is 2. The molecule has 2 aromatic rings. The van der Waals surface area contributed by atoms with Crippen LogP contribution in [0.2, 0.25) is 0 Å². The van der Waals surface area contributed by atoms with Crippen LogP contribution in [0.4, 0.5) is 0 Å². The SMILES string of the molecule is CCCNCc1cc2cc(C)cc(Br)c2o1. The van der Waals surface area contributed by atoms with Crippen LogP contribution in [0.5, 0.6) is 0 Å². The fraction of sp³-hybridized carbons (Fsp3) is 0.385. The van der Waals surface area contributed by atoms with Gasteiger partial charge in [-0.3, -0.25) is 0 Å². The Labute approximate surface area is 104 Å². The summed E-state index contributed by atoms with van der Waals surface area (Å²) in [6.07, 6.45) is 1.14. The minimum absolute atomic E-state index is 0.800. The molecular formula is C13H16BrNO. The Balaban J connectivity index is 2.26. The molecule has 0 aliphatic heterocycles. The van der Waals surface area contributed by atoms with Crippen molar-refractivity contribution in [1.82, 2.24) is 5.32 Å². The normalized spacial score (nSPS) is 11.2. The largest absolute Gasteiger partial charge is 0.459 e. The number of hydrogen-bond donors (Lipinski definition) is 1. The van der Waals surface area contributed by atoms with Gasteiger partial charge in [0.05, 0.1) is 11.0 Å². The average Bonchev–Trinajstić information content (AvgIpc) is 2.61. The lowest BCUT2D eigenvalue weighted by Gasteiger charge is -1.98. The highest BCUT2D eigenvalue weighted by Crippen LogP contribution is 2.28. The second-order valence-corrected chi connectivity index (χ2v) is 4.91. The molecule has 0 radical (unpaired) electrons. The molecule has 0 atom stereocenters. The van der Waals surface area contributed by atoms with Crippen LogP contribution >= 0.6 is 15.9 Å². The molecule has 1 N–H and O–H groups in total. The second-order valence-electron chi connectivity index (χ2n) is 4.05. The Morgan fingerprint density at radius 2 is 2.12 bits per heavy atom. The summed E-state index contributed by atoms with van der Waals surface area (Å²) in [4.78, 5) is 0. The minimum Gasteiger partial charge on any atom is -0.459 e. The molecule has 0 saturated heterocycles. The molecule has 0 aliphatic carbocycles. The Morgan fingerprint density at radius 3 is 2.88 bits per heavy atom. The van der Waals surface area contributed by atoms with Gasteiger partial charge in [0, 0.05) is 5.39 Å². The van der Waals surface area contributed by atoms with Crippen LogP contribution in [0.1, 0.15) is 24.7 Å². The lowest BCUT2D eigenvalue weighted by atomic mass is 10.2. The van der Waals surface area contributed by atoms with Crippen molar-refractivity contribution in [3.63, 3.8) is 0 Å². The molecule has 1 heterocycles. The monoisotopic (exact) mass is 281 g/mol. The van der Waals surface area contributed by atoms with Crippen molar-refractivity contribution >= 4 is 26.9 Å². The van der Waals surface area contributed by atoms with Crippen LogP contribution in [0, 0.1) is 6.92 Å². The summed E-state index contributed by atoms with van der Waals surface area (Å²) in [6, 6.07) is 6.33. The number of halogens is 1. The molecule has 2 rings (SSSR count). The Kier molecular flexibility index (Phi) is 3.66. The highest BCUT2D eigenvalue weighted by atomic mass is 79.9. The molecule has 0 saturated carbocycles. The zero-order valence-electron chi connectivity index (χ0n) is 9.64. The molecule has 0 fully saturated rings. The van der Waals surface area contributed by atoms with Gasteiger partial charge in [-0.1, -0.05) is 6.92 Å². The number of nitrogens with one attached hydrogen (secondary N) is 1. The van der Waals surface area contributed by atoms with Crippen LogP contribution < -0.4 is 5.32 Å². The predicted octanol–water partition coefficient (Wildman–Crippen LogP) is 4.00. The molecular weight excluding hydrogens is 266 g/mol. The second kappa shape index (κ2) is 5.02. The Hall–Kier alpha value is -0.800. The maximum Gasteiger partial charge on any atom is 0.148 e. The fourth-order valence-electron chi connectivity index (χ4n) is 1.78. The molecule has 0 bridgehead atoms. The van der Waals surface area contributed by atoms with Crippen molar-refractivity contribution < 1.29 is 4.42 Å². The maximum absolute atomic E-state index is 5.79. The molecule has 1 aromatic heterocycles. The zero-order valence-corrected chi connectivity index (χ0v) is 11.2. The molecule has 1 aromatic carbocycles. The maximum atomic E-state index is 5.79. The first-order chi connectivity index (χ1) is 7.70. The van der Waals surface area contributed by atoms with Crippen molar-refractivity contribution in [2.24, 2.45) is 0 Å². The van der Waals surface area contributed by atoms with Crippen molar-refractivity contribution in [2.75, 3.05) is 6.54 Å². The van der Waals surface area contributed by atoms with E-state index in [2.05, 4.69) is 53.3 Å². The molecule has 0 spiro atoms. The summed E-state index contributed by atoms with van der Waals surface area (Å²) in [5.74, 6) is 0.995. The van der Waals surface area contributed by atoms with Gasteiger partial charge < -0.3 is 9.73 Å². The molecule has 2 nitrogen and oxygen atoms in total. The summed E-state index contributed by atoms with van der Waals surface area (Å²) in [5, 5.41) is 4.50. The lowest BCUT2D eigenvalue weighted by Crippen LogP contribution is -2.12. The number of rotatable bonds is 4. The smallest absolute Gasteiger partial charge is 0.148 e. The molecule has 86 valence electrons. The Morgan fingerprint density at radius 1 is 1.31 bits per heavy atom. The average molecular weight is 282 g/mol. The van der Waals surface area contributed by atoms with Crippen LogP contribution in [-0.2, 0) is 6.54 Å². The van der Waals surface area contributed by atoms with Gasteiger partial charge in [0.2, 0.25) is 0 Å². The predicted molar refractivity (Wildman–Crippen MR) is 70.6 cm³/mol. The third kappa shape index (κ3) is 2.47. The van der Waals surface area contributed by atoms with E-state index in [1.54, 1.807) is 0 Å². The fourth-order valence-corrected chi connectivity index (χ4v) is 2.45. The number of aryl methyl sites for hydroxylation is 1. The summed E-state index contributed by atoms with van der Waals surface area (Å²) in [6.45, 7) is 6.07. The topological polar surface area (TPSA) is 25.2 Å². The van der Waals surface area contributed by atoms with Gasteiger partial charge >= 0.3 is 0 Å². The minimum atomic E-state index is 0.800. The van der Waals surface area contributed by atoms with Crippen LogP contribution in [0.3, 0.4) is 0 Å². The van der Waals surface area contributed by atoms with E-state index in [1.165, 1.54) is 10.9 Å². The zero-order chi connectivity index (χ0) is 11.5. The van der Waals surface area contributed by atoms with Crippen molar-refractivity contribution in [1.29, 1.82) is 0 Å². The van der Waals surface area contributed by atoms with E-state index in [0.717, 1.165) is 35.3 Å². The Bertz CT molecular complexity index is 490.